The van der Waals surface area contributed by atoms with Crippen molar-refractivity contribution in [2.75, 3.05) is 7.11 Å². The number of esters is 1. The number of phenols is 1. The SMILES string of the molecule is COC(=O)C[C@H](c1ccc(O)c(Cl)c1)c1c(O)cc(C)n(CC(=O)O)c1=O. The maximum absolute atomic E-state index is 12.9. The molecular weight excluding hydrogens is 378 g/mol. The van der Waals surface area contributed by atoms with E-state index in [1.165, 1.54) is 38.3 Å². The average Bonchev–Trinajstić information content (AvgIpc) is 2.59. The predicted octanol–water partition coefficient (Wildman–Crippen LogP) is 2.00. The number of phenolic OH excluding ortho intramolecular Hbond substituents is 1. The Bertz CT molecular complexity index is 951. The van der Waals surface area contributed by atoms with Crippen LogP contribution < -0.4 is 5.56 Å². The molecule has 1 heterocycles. The number of hydrogen-bond acceptors (Lipinski definition) is 6. The number of nitrogens with zero attached hydrogens (tertiary/aromatic N) is 1. The number of carboxylic acids is 1. The smallest absolute Gasteiger partial charge is 0.323 e. The van der Waals surface area contributed by atoms with Crippen molar-refractivity contribution in [1.82, 2.24) is 4.57 Å². The number of hydrogen-bond donors (Lipinski definition) is 3. The Labute approximate surface area is 159 Å². The van der Waals surface area contributed by atoms with Crippen LogP contribution in [0, 0.1) is 6.92 Å². The second kappa shape index (κ2) is 8.13. The molecule has 3 N–H and O–H groups in total. The number of methoxy groups -OCH3 is 1. The molecule has 1 atom stereocenters. The molecule has 144 valence electrons. The number of halogens is 1. The number of carbonyl (C=O) groups is 2. The lowest BCUT2D eigenvalue weighted by Gasteiger charge is -2.20. The van der Waals surface area contributed by atoms with Crippen LogP contribution in [0.4, 0.5) is 0 Å². The van der Waals surface area contributed by atoms with Gasteiger partial charge in [-0.15, -0.1) is 0 Å². The number of ether oxygens (including phenoxy) is 1. The average molecular weight is 396 g/mol. The summed E-state index contributed by atoms with van der Waals surface area (Å²) in [6.07, 6.45) is -0.295. The Balaban J connectivity index is 2.71. The summed E-state index contributed by atoms with van der Waals surface area (Å²) >= 11 is 5.93. The number of aryl methyl sites for hydroxylation is 1. The Morgan fingerprint density at radius 2 is 1.89 bits per heavy atom. The van der Waals surface area contributed by atoms with E-state index < -0.39 is 30.0 Å². The van der Waals surface area contributed by atoms with Gasteiger partial charge in [-0.05, 0) is 30.7 Å². The molecule has 0 bridgehead atoms. The van der Waals surface area contributed by atoms with Gasteiger partial charge in [0.15, 0.2) is 0 Å². The third-order valence-electron chi connectivity index (χ3n) is 4.14. The quantitative estimate of drug-likeness (QED) is 0.638. The van der Waals surface area contributed by atoms with Crippen molar-refractivity contribution in [3.63, 3.8) is 0 Å². The van der Waals surface area contributed by atoms with Crippen LogP contribution in [-0.2, 0) is 20.9 Å². The number of benzene rings is 1. The number of pyridine rings is 1. The molecule has 9 heteroatoms. The third kappa shape index (κ3) is 4.40. The summed E-state index contributed by atoms with van der Waals surface area (Å²) < 4.78 is 5.66. The van der Waals surface area contributed by atoms with E-state index in [1.54, 1.807) is 0 Å². The highest BCUT2D eigenvalue weighted by molar-refractivity contribution is 6.32. The van der Waals surface area contributed by atoms with Gasteiger partial charge in [0.1, 0.15) is 18.0 Å². The zero-order valence-corrected chi connectivity index (χ0v) is 15.4. The standard InChI is InChI=1S/C18H18ClNO7/c1-9-5-14(22)17(18(26)20(9)8-15(23)24)11(7-16(25)27-2)10-3-4-13(21)12(19)6-10/h3-6,11,21-22H,7-8H2,1-2H3,(H,23,24)/t11-/m1/s1. The van der Waals surface area contributed by atoms with Gasteiger partial charge < -0.3 is 24.6 Å². The van der Waals surface area contributed by atoms with Crippen molar-refractivity contribution in [3.8, 4) is 11.5 Å². The summed E-state index contributed by atoms with van der Waals surface area (Å²) in [6.45, 7) is 0.889. The zero-order valence-electron chi connectivity index (χ0n) is 14.6. The maximum Gasteiger partial charge on any atom is 0.323 e. The first-order valence-electron chi connectivity index (χ1n) is 7.86. The fraction of sp³-hybridized carbons (Fsp3) is 0.278. The highest BCUT2D eigenvalue weighted by Crippen LogP contribution is 2.35. The second-order valence-electron chi connectivity index (χ2n) is 5.91. The summed E-state index contributed by atoms with van der Waals surface area (Å²) in [5, 5.41) is 29.0. The molecule has 0 aliphatic carbocycles. The topological polar surface area (TPSA) is 126 Å². The molecule has 0 fully saturated rings. The first kappa shape index (κ1) is 20.3. The molecule has 0 aliphatic rings. The monoisotopic (exact) mass is 395 g/mol. The van der Waals surface area contributed by atoms with Crippen LogP contribution in [0.15, 0.2) is 29.1 Å². The summed E-state index contributed by atoms with van der Waals surface area (Å²) in [6, 6.07) is 5.37. The minimum Gasteiger partial charge on any atom is -0.507 e. The molecule has 0 spiro atoms. The molecule has 1 aromatic carbocycles. The first-order valence-corrected chi connectivity index (χ1v) is 8.23. The Morgan fingerprint density at radius 3 is 2.44 bits per heavy atom. The number of carboxylic acid groups (broad SMARTS) is 1. The van der Waals surface area contributed by atoms with Crippen LogP contribution in [0.1, 0.15) is 29.2 Å². The van der Waals surface area contributed by atoms with Crippen molar-refractivity contribution in [2.24, 2.45) is 0 Å². The third-order valence-corrected chi connectivity index (χ3v) is 4.44. The number of aliphatic carboxylic acids is 1. The van der Waals surface area contributed by atoms with Crippen LogP contribution in [0.3, 0.4) is 0 Å². The van der Waals surface area contributed by atoms with Crippen LogP contribution in [-0.4, -0.2) is 38.9 Å². The summed E-state index contributed by atoms with van der Waals surface area (Å²) in [5.74, 6) is -3.39. The lowest BCUT2D eigenvalue weighted by atomic mass is 9.88. The molecule has 1 aromatic heterocycles. The van der Waals surface area contributed by atoms with E-state index in [4.69, 9.17) is 16.7 Å². The van der Waals surface area contributed by atoms with Gasteiger partial charge in [-0.1, -0.05) is 17.7 Å². The molecule has 0 saturated carbocycles. The molecule has 0 unspecified atom stereocenters. The summed E-state index contributed by atoms with van der Waals surface area (Å²) in [5.41, 5.74) is -0.271. The van der Waals surface area contributed by atoms with E-state index in [2.05, 4.69) is 4.74 Å². The second-order valence-corrected chi connectivity index (χ2v) is 6.32. The number of aromatic hydroxyl groups is 2. The molecule has 0 radical (unpaired) electrons. The molecule has 0 amide bonds. The molecular formula is C18H18ClNO7. The lowest BCUT2D eigenvalue weighted by Crippen LogP contribution is -2.30. The molecule has 2 aromatic rings. The van der Waals surface area contributed by atoms with Crippen LogP contribution in [0.25, 0.3) is 0 Å². The fourth-order valence-electron chi connectivity index (χ4n) is 2.80. The molecule has 2 rings (SSSR count). The van der Waals surface area contributed by atoms with Crippen molar-refractivity contribution in [3.05, 3.63) is 56.5 Å². The van der Waals surface area contributed by atoms with Gasteiger partial charge in [0, 0.05) is 11.6 Å². The van der Waals surface area contributed by atoms with Crippen LogP contribution >= 0.6 is 11.6 Å². The minimum absolute atomic E-state index is 0.000159. The largest absolute Gasteiger partial charge is 0.507 e. The Hall–Kier alpha value is -3.00. The normalized spacial score (nSPS) is 11.8. The number of aromatic nitrogens is 1. The lowest BCUT2D eigenvalue weighted by molar-refractivity contribution is -0.141. The van der Waals surface area contributed by atoms with Gasteiger partial charge in [-0.25, -0.2) is 0 Å². The molecule has 27 heavy (non-hydrogen) atoms. The van der Waals surface area contributed by atoms with Gasteiger partial charge in [0.05, 0.1) is 24.1 Å². The highest BCUT2D eigenvalue weighted by Gasteiger charge is 2.27. The van der Waals surface area contributed by atoms with E-state index in [-0.39, 0.29) is 34.2 Å². The number of carbonyl (C=O) groups excluding carboxylic acids is 1. The van der Waals surface area contributed by atoms with Crippen LogP contribution in [0.5, 0.6) is 11.5 Å². The predicted molar refractivity (Wildman–Crippen MR) is 96.3 cm³/mol. The first-order chi connectivity index (χ1) is 12.6. The van der Waals surface area contributed by atoms with Gasteiger partial charge in [-0.2, -0.15) is 0 Å². The van der Waals surface area contributed by atoms with Gasteiger partial charge >= 0.3 is 11.9 Å². The van der Waals surface area contributed by atoms with Gasteiger partial charge in [0.2, 0.25) is 0 Å². The van der Waals surface area contributed by atoms with E-state index >= 15 is 0 Å². The van der Waals surface area contributed by atoms with Gasteiger partial charge in [0.25, 0.3) is 5.56 Å². The molecule has 0 aliphatic heterocycles. The summed E-state index contributed by atoms with van der Waals surface area (Å²) in [4.78, 5) is 35.8. The van der Waals surface area contributed by atoms with Crippen molar-refractivity contribution in [2.45, 2.75) is 25.8 Å². The van der Waals surface area contributed by atoms with E-state index in [9.17, 15) is 24.6 Å². The maximum atomic E-state index is 12.9. The summed E-state index contributed by atoms with van der Waals surface area (Å²) in [7, 11) is 1.18. The fourth-order valence-corrected chi connectivity index (χ4v) is 2.99. The van der Waals surface area contributed by atoms with Crippen molar-refractivity contribution < 1.29 is 29.6 Å². The van der Waals surface area contributed by atoms with Crippen molar-refractivity contribution in [1.29, 1.82) is 0 Å². The van der Waals surface area contributed by atoms with E-state index in [1.807, 2.05) is 0 Å². The molecule has 8 nitrogen and oxygen atoms in total. The van der Waals surface area contributed by atoms with Crippen molar-refractivity contribution >= 4 is 23.5 Å². The van der Waals surface area contributed by atoms with E-state index in [0.717, 1.165) is 4.57 Å². The zero-order chi connectivity index (χ0) is 20.3. The molecule has 0 saturated heterocycles. The van der Waals surface area contributed by atoms with Crippen LogP contribution in [0.2, 0.25) is 5.02 Å². The van der Waals surface area contributed by atoms with Gasteiger partial charge in [-0.3, -0.25) is 14.4 Å². The Morgan fingerprint density at radius 1 is 1.22 bits per heavy atom. The minimum atomic E-state index is -1.23. The number of rotatable bonds is 6. The van der Waals surface area contributed by atoms with E-state index in [0.29, 0.717) is 5.56 Å². The highest BCUT2D eigenvalue weighted by atomic mass is 35.5. The Kier molecular flexibility index (Phi) is 6.12.